The van der Waals surface area contributed by atoms with Crippen LogP contribution in [0.25, 0.3) is 0 Å². The Kier molecular flexibility index (Phi) is 5.36. The Balaban J connectivity index is 1.85. The molecule has 1 saturated heterocycles. The largest absolute Gasteiger partial charge is 0.385 e. The standard InChI is InChI=1S/C15H25N3O3/c1-3-4-13(18-7-6-16-11-18)9-14(19)17-10-15(20)5-8-21-12(15)2/h6-7,11-13,20H,3-5,8-10H2,1-2H3,(H,17,19). The molecule has 1 amide bonds. The molecule has 1 aromatic rings. The highest BCUT2D eigenvalue weighted by molar-refractivity contribution is 5.76. The second-order valence-electron chi connectivity index (χ2n) is 5.80. The number of nitrogens with zero attached hydrogens (tertiary/aromatic N) is 2. The van der Waals surface area contributed by atoms with Crippen molar-refractivity contribution in [2.45, 2.75) is 57.3 Å². The molecule has 118 valence electrons. The third-order valence-electron chi connectivity index (χ3n) is 4.24. The summed E-state index contributed by atoms with van der Waals surface area (Å²) in [5, 5.41) is 13.2. The van der Waals surface area contributed by atoms with Gasteiger partial charge < -0.3 is 19.7 Å². The smallest absolute Gasteiger partial charge is 0.222 e. The zero-order valence-electron chi connectivity index (χ0n) is 12.8. The van der Waals surface area contributed by atoms with E-state index < -0.39 is 5.60 Å². The minimum atomic E-state index is -0.940. The molecule has 2 N–H and O–H groups in total. The van der Waals surface area contributed by atoms with Gasteiger partial charge in [-0.3, -0.25) is 4.79 Å². The van der Waals surface area contributed by atoms with Gasteiger partial charge in [-0.2, -0.15) is 0 Å². The lowest BCUT2D eigenvalue weighted by molar-refractivity contribution is -0.123. The number of nitrogens with one attached hydrogen (secondary N) is 1. The number of hydrogen-bond acceptors (Lipinski definition) is 4. The quantitative estimate of drug-likeness (QED) is 0.794. The van der Waals surface area contributed by atoms with Gasteiger partial charge in [-0.1, -0.05) is 13.3 Å². The summed E-state index contributed by atoms with van der Waals surface area (Å²) in [6.45, 7) is 4.73. The van der Waals surface area contributed by atoms with Crippen LogP contribution >= 0.6 is 0 Å². The number of aromatic nitrogens is 2. The van der Waals surface area contributed by atoms with Crippen LogP contribution in [0.2, 0.25) is 0 Å². The van der Waals surface area contributed by atoms with Gasteiger partial charge in [-0.15, -0.1) is 0 Å². The Morgan fingerprint density at radius 1 is 1.67 bits per heavy atom. The fraction of sp³-hybridized carbons (Fsp3) is 0.733. The number of hydrogen-bond donors (Lipinski definition) is 2. The SMILES string of the molecule is CCCC(CC(=O)NCC1(O)CCOC1C)n1ccnc1. The molecule has 0 radical (unpaired) electrons. The Morgan fingerprint density at radius 3 is 3.05 bits per heavy atom. The number of amides is 1. The van der Waals surface area contributed by atoms with Crippen LogP contribution in [0.4, 0.5) is 0 Å². The lowest BCUT2D eigenvalue weighted by Gasteiger charge is -2.26. The molecule has 0 bridgehead atoms. The second-order valence-corrected chi connectivity index (χ2v) is 5.80. The molecule has 1 aliphatic rings. The fourth-order valence-electron chi connectivity index (χ4n) is 2.72. The first-order chi connectivity index (χ1) is 10.0. The van der Waals surface area contributed by atoms with E-state index in [1.54, 1.807) is 12.5 Å². The maximum atomic E-state index is 12.1. The molecule has 3 atom stereocenters. The Morgan fingerprint density at radius 2 is 2.48 bits per heavy atom. The summed E-state index contributed by atoms with van der Waals surface area (Å²) in [6, 6.07) is 0.115. The van der Waals surface area contributed by atoms with Crippen LogP contribution in [0.3, 0.4) is 0 Å². The second kappa shape index (κ2) is 7.04. The van der Waals surface area contributed by atoms with Crippen molar-refractivity contribution in [3.63, 3.8) is 0 Å². The van der Waals surface area contributed by atoms with Crippen LogP contribution in [0.15, 0.2) is 18.7 Å². The third-order valence-corrected chi connectivity index (χ3v) is 4.24. The van der Waals surface area contributed by atoms with Gasteiger partial charge >= 0.3 is 0 Å². The predicted octanol–water partition coefficient (Wildman–Crippen LogP) is 1.27. The molecule has 0 saturated carbocycles. The summed E-state index contributed by atoms with van der Waals surface area (Å²) in [5.74, 6) is -0.0466. The minimum Gasteiger partial charge on any atom is -0.385 e. The van der Waals surface area contributed by atoms with Crippen molar-refractivity contribution in [3.05, 3.63) is 18.7 Å². The summed E-state index contributed by atoms with van der Waals surface area (Å²) in [4.78, 5) is 16.2. The lowest BCUT2D eigenvalue weighted by atomic mass is 9.96. The third kappa shape index (κ3) is 4.04. The van der Waals surface area contributed by atoms with E-state index in [4.69, 9.17) is 4.74 Å². The molecule has 2 rings (SSSR count). The lowest BCUT2D eigenvalue weighted by Crippen LogP contribution is -2.47. The molecule has 21 heavy (non-hydrogen) atoms. The molecule has 1 fully saturated rings. The van der Waals surface area contributed by atoms with Crippen molar-refractivity contribution in [2.75, 3.05) is 13.2 Å². The molecule has 6 heteroatoms. The highest BCUT2D eigenvalue weighted by Crippen LogP contribution is 2.25. The van der Waals surface area contributed by atoms with E-state index in [2.05, 4.69) is 17.2 Å². The van der Waals surface area contributed by atoms with E-state index >= 15 is 0 Å². The number of imidazole rings is 1. The van der Waals surface area contributed by atoms with E-state index in [9.17, 15) is 9.90 Å². The normalized spacial score (nSPS) is 26.7. The summed E-state index contributed by atoms with van der Waals surface area (Å²) < 4.78 is 7.34. The number of aliphatic hydroxyl groups is 1. The molecule has 1 aromatic heterocycles. The first-order valence-corrected chi connectivity index (χ1v) is 7.63. The van der Waals surface area contributed by atoms with E-state index in [0.717, 1.165) is 12.8 Å². The minimum absolute atomic E-state index is 0.0466. The number of rotatable bonds is 7. The molecule has 3 unspecified atom stereocenters. The topological polar surface area (TPSA) is 76.4 Å². The van der Waals surface area contributed by atoms with Crippen molar-refractivity contribution in [3.8, 4) is 0 Å². The van der Waals surface area contributed by atoms with Crippen molar-refractivity contribution in [1.29, 1.82) is 0 Å². The van der Waals surface area contributed by atoms with Crippen molar-refractivity contribution < 1.29 is 14.6 Å². The fourth-order valence-corrected chi connectivity index (χ4v) is 2.72. The number of carbonyl (C=O) groups is 1. The van der Waals surface area contributed by atoms with E-state index in [-0.39, 0.29) is 24.6 Å². The Hall–Kier alpha value is -1.40. The zero-order valence-corrected chi connectivity index (χ0v) is 12.8. The number of carbonyl (C=O) groups excluding carboxylic acids is 1. The summed E-state index contributed by atoms with van der Waals surface area (Å²) in [6.07, 6.45) is 8.00. The molecule has 2 heterocycles. The molecular weight excluding hydrogens is 270 g/mol. The Labute approximate surface area is 125 Å². The van der Waals surface area contributed by atoms with Crippen LogP contribution in [-0.2, 0) is 9.53 Å². The Bertz CT molecular complexity index is 449. The van der Waals surface area contributed by atoms with Gasteiger partial charge in [0, 0.05) is 44.4 Å². The van der Waals surface area contributed by atoms with Crippen molar-refractivity contribution in [2.24, 2.45) is 0 Å². The highest BCUT2D eigenvalue weighted by Gasteiger charge is 2.39. The van der Waals surface area contributed by atoms with Gasteiger partial charge in [0.25, 0.3) is 0 Å². The van der Waals surface area contributed by atoms with Gasteiger partial charge in [-0.25, -0.2) is 4.98 Å². The van der Waals surface area contributed by atoms with Crippen molar-refractivity contribution >= 4 is 5.91 Å². The molecule has 0 aromatic carbocycles. The first-order valence-electron chi connectivity index (χ1n) is 7.63. The zero-order chi connectivity index (χ0) is 15.3. The van der Waals surface area contributed by atoms with Crippen LogP contribution in [0.1, 0.15) is 45.6 Å². The van der Waals surface area contributed by atoms with Crippen LogP contribution in [0.5, 0.6) is 0 Å². The monoisotopic (exact) mass is 295 g/mol. The maximum absolute atomic E-state index is 12.1. The average molecular weight is 295 g/mol. The van der Waals surface area contributed by atoms with Gasteiger partial charge in [0.2, 0.25) is 5.91 Å². The first kappa shape index (κ1) is 16.0. The molecule has 0 aliphatic carbocycles. The highest BCUT2D eigenvalue weighted by atomic mass is 16.5. The molecule has 6 nitrogen and oxygen atoms in total. The summed E-state index contributed by atoms with van der Waals surface area (Å²) >= 11 is 0. The van der Waals surface area contributed by atoms with Gasteiger partial charge in [-0.05, 0) is 13.3 Å². The maximum Gasteiger partial charge on any atom is 0.222 e. The van der Waals surface area contributed by atoms with E-state index in [1.807, 2.05) is 17.7 Å². The van der Waals surface area contributed by atoms with Crippen LogP contribution in [0, 0.1) is 0 Å². The van der Waals surface area contributed by atoms with Gasteiger partial charge in [0.05, 0.1) is 12.4 Å². The molecule has 1 aliphatic heterocycles. The molecule has 0 spiro atoms. The number of ether oxygens (including phenoxy) is 1. The van der Waals surface area contributed by atoms with Crippen molar-refractivity contribution in [1.82, 2.24) is 14.9 Å². The summed E-state index contributed by atoms with van der Waals surface area (Å²) in [7, 11) is 0. The van der Waals surface area contributed by atoms with Crippen LogP contribution < -0.4 is 5.32 Å². The summed E-state index contributed by atoms with van der Waals surface area (Å²) in [5.41, 5.74) is -0.940. The predicted molar refractivity (Wildman–Crippen MR) is 78.8 cm³/mol. The average Bonchev–Trinajstić information content (AvgIpc) is 3.08. The van der Waals surface area contributed by atoms with Crippen LogP contribution in [-0.4, -0.2) is 45.4 Å². The van der Waals surface area contributed by atoms with E-state index in [0.29, 0.717) is 19.4 Å². The van der Waals surface area contributed by atoms with E-state index in [1.165, 1.54) is 0 Å². The molecular formula is C15H25N3O3. The van der Waals surface area contributed by atoms with Gasteiger partial charge in [0.15, 0.2) is 0 Å². The van der Waals surface area contributed by atoms with Gasteiger partial charge in [0.1, 0.15) is 5.60 Å².